The van der Waals surface area contributed by atoms with E-state index in [4.69, 9.17) is 0 Å². The first-order valence-electron chi connectivity index (χ1n) is 14.6. The molecule has 0 radical (unpaired) electrons. The van der Waals surface area contributed by atoms with Crippen LogP contribution in [0.3, 0.4) is 0 Å². The van der Waals surface area contributed by atoms with Gasteiger partial charge >= 0.3 is 0 Å². The molecule has 1 aliphatic heterocycles. The van der Waals surface area contributed by atoms with Crippen molar-refractivity contribution in [1.82, 2.24) is 14.8 Å². The number of sulfonamides is 1. The standard InChI is InChI=1S/C35H33FN4O3S/c1-2-25-20-26(22-30(36)21-25)23-39-18-19-40(32(24-39)27-8-4-3-5-9-27)35(41)29-13-15-31(16-14-29)38-44(42,43)33-12-6-10-28-11-7-17-37-34(28)33/h3-17,20-22,32,38H,2,18-19,23-24H2,1H3/t32-/m1/s1. The Morgan fingerprint density at radius 3 is 2.43 bits per heavy atom. The third-order valence-electron chi connectivity index (χ3n) is 8.01. The molecular formula is C35H33FN4O3S. The molecule has 4 aromatic carbocycles. The highest BCUT2D eigenvalue weighted by atomic mass is 32.2. The van der Waals surface area contributed by atoms with Gasteiger partial charge in [0.25, 0.3) is 15.9 Å². The summed E-state index contributed by atoms with van der Waals surface area (Å²) in [6, 6.07) is 30.0. The van der Waals surface area contributed by atoms with Crippen molar-refractivity contribution in [2.75, 3.05) is 24.4 Å². The number of nitrogens with zero attached hydrogens (tertiary/aromatic N) is 3. The van der Waals surface area contributed by atoms with E-state index in [1.54, 1.807) is 54.7 Å². The van der Waals surface area contributed by atoms with E-state index < -0.39 is 10.0 Å². The Bertz CT molecular complexity index is 1890. The normalized spacial score (nSPS) is 15.8. The summed E-state index contributed by atoms with van der Waals surface area (Å²) in [5, 5.41) is 0.728. The highest BCUT2D eigenvalue weighted by molar-refractivity contribution is 7.93. The Kier molecular flexibility index (Phi) is 8.41. The molecule has 1 N–H and O–H groups in total. The van der Waals surface area contributed by atoms with Crippen molar-refractivity contribution >= 4 is 32.5 Å². The molecule has 9 heteroatoms. The number of para-hydroxylation sites is 1. The van der Waals surface area contributed by atoms with Gasteiger partial charge in [-0.1, -0.05) is 61.5 Å². The van der Waals surface area contributed by atoms with E-state index in [1.807, 2.05) is 60.4 Å². The zero-order chi connectivity index (χ0) is 30.7. The number of pyridine rings is 1. The minimum atomic E-state index is -3.91. The topological polar surface area (TPSA) is 82.6 Å². The van der Waals surface area contributed by atoms with Crippen LogP contribution in [0.25, 0.3) is 10.9 Å². The predicted molar refractivity (Wildman–Crippen MR) is 170 cm³/mol. The molecule has 44 heavy (non-hydrogen) atoms. The summed E-state index contributed by atoms with van der Waals surface area (Å²) in [5.41, 5.74) is 4.11. The number of amides is 1. The van der Waals surface area contributed by atoms with Crippen LogP contribution in [-0.4, -0.2) is 48.7 Å². The molecule has 1 amide bonds. The second-order valence-electron chi connectivity index (χ2n) is 11.0. The van der Waals surface area contributed by atoms with Crippen molar-refractivity contribution in [3.8, 4) is 0 Å². The van der Waals surface area contributed by atoms with Gasteiger partial charge < -0.3 is 4.90 Å². The molecule has 7 nitrogen and oxygen atoms in total. The minimum Gasteiger partial charge on any atom is -0.329 e. The summed E-state index contributed by atoms with van der Waals surface area (Å²) in [4.78, 5) is 22.3. The van der Waals surface area contributed by atoms with Crippen molar-refractivity contribution in [2.45, 2.75) is 30.8 Å². The average Bonchev–Trinajstić information content (AvgIpc) is 3.04. The molecule has 0 saturated carbocycles. The van der Waals surface area contributed by atoms with Crippen molar-refractivity contribution < 1.29 is 17.6 Å². The van der Waals surface area contributed by atoms with Crippen LogP contribution in [0, 0.1) is 5.82 Å². The smallest absolute Gasteiger partial charge is 0.264 e. The van der Waals surface area contributed by atoms with Gasteiger partial charge in [-0.05, 0) is 71.6 Å². The molecule has 1 fully saturated rings. The van der Waals surface area contributed by atoms with Gasteiger partial charge in [0.05, 0.1) is 11.6 Å². The van der Waals surface area contributed by atoms with E-state index in [-0.39, 0.29) is 22.7 Å². The lowest BCUT2D eigenvalue weighted by Crippen LogP contribution is -2.50. The first-order valence-corrected chi connectivity index (χ1v) is 16.1. The molecule has 2 heterocycles. The van der Waals surface area contributed by atoms with Gasteiger partial charge in [0.2, 0.25) is 0 Å². The Labute approximate surface area is 257 Å². The van der Waals surface area contributed by atoms with E-state index in [2.05, 4.69) is 14.6 Å². The number of hydrogen-bond donors (Lipinski definition) is 1. The van der Waals surface area contributed by atoms with Gasteiger partial charge in [0, 0.05) is 49.0 Å². The number of aryl methyl sites for hydroxylation is 1. The molecule has 1 aliphatic rings. The number of carbonyl (C=O) groups excluding carboxylic acids is 1. The van der Waals surface area contributed by atoms with Crippen molar-refractivity contribution in [3.05, 3.63) is 137 Å². The zero-order valence-electron chi connectivity index (χ0n) is 24.4. The van der Waals surface area contributed by atoms with Gasteiger partial charge in [-0.2, -0.15) is 0 Å². The number of nitrogens with one attached hydrogen (secondary N) is 1. The second kappa shape index (κ2) is 12.6. The number of aromatic nitrogens is 1. The second-order valence-corrected chi connectivity index (χ2v) is 12.6. The third-order valence-corrected chi connectivity index (χ3v) is 9.42. The highest BCUT2D eigenvalue weighted by Gasteiger charge is 2.32. The Balaban J connectivity index is 1.20. The summed E-state index contributed by atoms with van der Waals surface area (Å²) < 4.78 is 43.3. The van der Waals surface area contributed by atoms with Crippen LogP contribution in [0.2, 0.25) is 0 Å². The summed E-state index contributed by atoms with van der Waals surface area (Å²) in [7, 11) is -3.91. The van der Waals surface area contributed by atoms with Crippen LogP contribution >= 0.6 is 0 Å². The molecule has 0 bridgehead atoms. The fourth-order valence-electron chi connectivity index (χ4n) is 5.81. The fraction of sp³-hybridized carbons (Fsp3) is 0.200. The maximum Gasteiger partial charge on any atom is 0.264 e. The summed E-state index contributed by atoms with van der Waals surface area (Å²) >= 11 is 0. The van der Waals surface area contributed by atoms with Gasteiger partial charge in [0.15, 0.2) is 0 Å². The number of hydrogen-bond acceptors (Lipinski definition) is 5. The van der Waals surface area contributed by atoms with E-state index in [9.17, 15) is 17.6 Å². The molecular weight excluding hydrogens is 575 g/mol. The number of fused-ring (bicyclic) bond motifs is 1. The Morgan fingerprint density at radius 2 is 1.66 bits per heavy atom. The Morgan fingerprint density at radius 1 is 0.909 bits per heavy atom. The zero-order valence-corrected chi connectivity index (χ0v) is 25.2. The maximum absolute atomic E-state index is 14.2. The highest BCUT2D eigenvalue weighted by Crippen LogP contribution is 2.29. The van der Waals surface area contributed by atoms with E-state index in [0.29, 0.717) is 42.9 Å². The lowest BCUT2D eigenvalue weighted by molar-refractivity contribution is 0.0434. The van der Waals surface area contributed by atoms with Crippen molar-refractivity contribution in [3.63, 3.8) is 0 Å². The van der Waals surface area contributed by atoms with Crippen LogP contribution in [0.15, 0.2) is 114 Å². The molecule has 224 valence electrons. The van der Waals surface area contributed by atoms with Gasteiger partial charge in [-0.15, -0.1) is 0 Å². The summed E-state index contributed by atoms with van der Waals surface area (Å²) in [5.74, 6) is -0.363. The maximum atomic E-state index is 14.2. The summed E-state index contributed by atoms with van der Waals surface area (Å²) in [6.45, 7) is 4.35. The van der Waals surface area contributed by atoms with Crippen LogP contribution in [0.5, 0.6) is 0 Å². The van der Waals surface area contributed by atoms with Crippen LogP contribution in [0.1, 0.15) is 40.0 Å². The minimum absolute atomic E-state index is 0.0866. The number of anilines is 1. The monoisotopic (exact) mass is 608 g/mol. The molecule has 1 aromatic heterocycles. The van der Waals surface area contributed by atoms with Crippen LogP contribution in [0.4, 0.5) is 10.1 Å². The molecule has 0 unspecified atom stereocenters. The number of rotatable bonds is 8. The van der Waals surface area contributed by atoms with Gasteiger partial charge in [0.1, 0.15) is 10.7 Å². The molecule has 5 aromatic rings. The van der Waals surface area contributed by atoms with Crippen LogP contribution < -0.4 is 4.72 Å². The SMILES string of the molecule is CCc1cc(F)cc(CN2CCN(C(=O)c3ccc(NS(=O)(=O)c4cccc5cccnc45)cc3)[C@@H](c3ccccc3)C2)c1. The molecule has 6 rings (SSSR count). The van der Waals surface area contributed by atoms with Crippen molar-refractivity contribution in [2.24, 2.45) is 0 Å². The lowest BCUT2D eigenvalue weighted by atomic mass is 10.00. The number of halogens is 1. The number of piperazine rings is 1. The van der Waals surface area contributed by atoms with E-state index in [0.717, 1.165) is 28.5 Å². The van der Waals surface area contributed by atoms with Gasteiger partial charge in [-0.3, -0.25) is 19.4 Å². The van der Waals surface area contributed by atoms with E-state index in [1.165, 1.54) is 6.07 Å². The molecule has 0 aliphatic carbocycles. The third kappa shape index (κ3) is 6.34. The number of carbonyl (C=O) groups is 1. The summed E-state index contributed by atoms with van der Waals surface area (Å²) in [6.07, 6.45) is 2.33. The lowest BCUT2D eigenvalue weighted by Gasteiger charge is -2.42. The first-order chi connectivity index (χ1) is 21.3. The molecule has 0 spiro atoms. The Hall–Kier alpha value is -4.60. The molecule has 1 atom stereocenters. The van der Waals surface area contributed by atoms with Crippen LogP contribution in [-0.2, 0) is 23.0 Å². The number of benzene rings is 4. The van der Waals surface area contributed by atoms with Crippen molar-refractivity contribution in [1.29, 1.82) is 0 Å². The average molecular weight is 609 g/mol. The molecule has 1 saturated heterocycles. The first kappa shape index (κ1) is 29.5. The van der Waals surface area contributed by atoms with E-state index >= 15 is 0 Å². The largest absolute Gasteiger partial charge is 0.329 e. The quantitative estimate of drug-likeness (QED) is 0.219. The predicted octanol–water partition coefficient (Wildman–Crippen LogP) is 6.44. The van der Waals surface area contributed by atoms with Gasteiger partial charge in [-0.25, -0.2) is 12.8 Å². The fourth-order valence-corrected chi connectivity index (χ4v) is 7.05.